The highest BCUT2D eigenvalue weighted by Crippen LogP contribution is 2.17. The summed E-state index contributed by atoms with van der Waals surface area (Å²) in [6.45, 7) is 1.63. The summed E-state index contributed by atoms with van der Waals surface area (Å²) in [4.78, 5) is 36.0. The van der Waals surface area contributed by atoms with Crippen molar-refractivity contribution < 1.29 is 23.5 Å². The first-order chi connectivity index (χ1) is 15.3. The van der Waals surface area contributed by atoms with Gasteiger partial charge in [-0.05, 0) is 79.2 Å². The number of hydrazone groups is 1. The van der Waals surface area contributed by atoms with Gasteiger partial charge in [-0.15, -0.1) is 0 Å². The topological polar surface area (TPSA) is 96.9 Å². The zero-order chi connectivity index (χ0) is 23.1. The molecular formula is C23H17ClFN3O4. The lowest BCUT2D eigenvalue weighted by Gasteiger charge is -2.07. The molecule has 9 heteroatoms. The van der Waals surface area contributed by atoms with Crippen LogP contribution in [0, 0.1) is 5.82 Å². The number of esters is 1. The van der Waals surface area contributed by atoms with Crippen molar-refractivity contribution in [2.75, 3.05) is 5.32 Å². The molecule has 0 fully saturated rings. The van der Waals surface area contributed by atoms with E-state index in [0.29, 0.717) is 27.6 Å². The van der Waals surface area contributed by atoms with Crippen molar-refractivity contribution in [2.24, 2.45) is 5.10 Å². The second kappa shape index (κ2) is 10.3. The molecule has 0 radical (unpaired) electrons. The van der Waals surface area contributed by atoms with Gasteiger partial charge in [0.25, 0.3) is 0 Å². The first kappa shape index (κ1) is 22.6. The summed E-state index contributed by atoms with van der Waals surface area (Å²) in [5, 5.41) is 6.65. The van der Waals surface area contributed by atoms with E-state index in [-0.39, 0.29) is 5.69 Å². The second-order valence-electron chi connectivity index (χ2n) is 6.52. The number of nitrogens with zero attached hydrogens (tertiary/aromatic N) is 1. The molecule has 0 aliphatic rings. The van der Waals surface area contributed by atoms with Crippen molar-refractivity contribution in [2.45, 2.75) is 6.92 Å². The predicted octanol–water partition coefficient (Wildman–Crippen LogP) is 4.18. The van der Waals surface area contributed by atoms with E-state index in [0.717, 1.165) is 12.1 Å². The van der Waals surface area contributed by atoms with Crippen LogP contribution in [0.25, 0.3) is 0 Å². The number of hydrogen-bond donors (Lipinski definition) is 2. The van der Waals surface area contributed by atoms with Gasteiger partial charge in [0.2, 0.25) is 0 Å². The van der Waals surface area contributed by atoms with E-state index in [1.54, 1.807) is 49.4 Å². The van der Waals surface area contributed by atoms with Crippen LogP contribution in [0.2, 0.25) is 5.02 Å². The maximum absolute atomic E-state index is 12.9. The first-order valence-corrected chi connectivity index (χ1v) is 9.69. The number of carbonyl (C=O) groups is 3. The van der Waals surface area contributed by atoms with E-state index < -0.39 is 23.6 Å². The fourth-order valence-corrected chi connectivity index (χ4v) is 2.71. The Morgan fingerprint density at radius 1 is 0.906 bits per heavy atom. The molecule has 0 aliphatic heterocycles. The fourth-order valence-electron chi connectivity index (χ4n) is 2.52. The summed E-state index contributed by atoms with van der Waals surface area (Å²) in [5.41, 5.74) is 3.79. The van der Waals surface area contributed by atoms with E-state index in [2.05, 4.69) is 15.8 Å². The highest BCUT2D eigenvalue weighted by molar-refractivity contribution is 6.39. The van der Waals surface area contributed by atoms with Gasteiger partial charge in [-0.3, -0.25) is 9.59 Å². The van der Waals surface area contributed by atoms with Crippen LogP contribution in [0.5, 0.6) is 5.75 Å². The number of ether oxygens (including phenoxy) is 1. The van der Waals surface area contributed by atoms with Crippen LogP contribution in [0.4, 0.5) is 10.1 Å². The second-order valence-corrected chi connectivity index (χ2v) is 6.96. The van der Waals surface area contributed by atoms with Gasteiger partial charge in [0, 0.05) is 10.7 Å². The van der Waals surface area contributed by atoms with Crippen LogP contribution in [-0.2, 0) is 9.59 Å². The fraction of sp³-hybridized carbons (Fsp3) is 0.0435. The third-order valence-corrected chi connectivity index (χ3v) is 4.41. The van der Waals surface area contributed by atoms with Gasteiger partial charge in [-0.25, -0.2) is 14.6 Å². The lowest BCUT2D eigenvalue weighted by Crippen LogP contribution is -2.32. The maximum atomic E-state index is 12.9. The molecule has 32 heavy (non-hydrogen) atoms. The number of halogens is 2. The molecule has 3 rings (SSSR count). The average molecular weight is 454 g/mol. The smallest absolute Gasteiger partial charge is 0.343 e. The van der Waals surface area contributed by atoms with Crippen molar-refractivity contribution in [3.8, 4) is 5.75 Å². The Balaban J connectivity index is 1.56. The number of benzene rings is 3. The van der Waals surface area contributed by atoms with Gasteiger partial charge >= 0.3 is 17.8 Å². The third-order valence-electron chi connectivity index (χ3n) is 4.18. The molecule has 7 nitrogen and oxygen atoms in total. The molecule has 3 aromatic rings. The Bertz CT molecular complexity index is 1180. The lowest BCUT2D eigenvalue weighted by molar-refractivity contribution is -0.136. The van der Waals surface area contributed by atoms with Crippen molar-refractivity contribution in [3.63, 3.8) is 0 Å². The summed E-state index contributed by atoms with van der Waals surface area (Å²) >= 11 is 5.88. The van der Waals surface area contributed by atoms with Gasteiger partial charge in [-0.1, -0.05) is 17.7 Å². The van der Waals surface area contributed by atoms with E-state index in [1.807, 2.05) is 0 Å². The highest BCUT2D eigenvalue weighted by Gasteiger charge is 2.14. The summed E-state index contributed by atoms with van der Waals surface area (Å²) in [5.74, 6) is -2.63. The highest BCUT2D eigenvalue weighted by atomic mass is 35.5. The van der Waals surface area contributed by atoms with Crippen LogP contribution in [0.15, 0.2) is 77.9 Å². The lowest BCUT2D eigenvalue weighted by atomic mass is 10.1. The minimum atomic E-state index is -0.985. The van der Waals surface area contributed by atoms with Crippen molar-refractivity contribution >= 4 is 40.8 Å². The molecule has 162 valence electrons. The van der Waals surface area contributed by atoms with Gasteiger partial charge in [0.15, 0.2) is 0 Å². The number of amides is 2. The minimum Gasteiger partial charge on any atom is -0.423 e. The molecule has 0 atom stereocenters. The number of nitrogens with one attached hydrogen (secondary N) is 2. The largest absolute Gasteiger partial charge is 0.423 e. The number of hydrogen-bond acceptors (Lipinski definition) is 5. The van der Waals surface area contributed by atoms with Gasteiger partial charge < -0.3 is 10.1 Å². The molecule has 2 amide bonds. The molecule has 3 aromatic carbocycles. The third kappa shape index (κ3) is 6.23. The zero-order valence-electron chi connectivity index (χ0n) is 16.8. The monoisotopic (exact) mass is 453 g/mol. The van der Waals surface area contributed by atoms with Crippen molar-refractivity contribution in [1.82, 2.24) is 5.43 Å². The summed E-state index contributed by atoms with van der Waals surface area (Å²) in [6, 6.07) is 17.8. The van der Waals surface area contributed by atoms with Crippen LogP contribution in [0.3, 0.4) is 0 Å². The van der Waals surface area contributed by atoms with Crippen molar-refractivity contribution in [3.05, 3.63) is 94.8 Å². The number of carbonyl (C=O) groups excluding carboxylic acids is 3. The number of anilines is 1. The quantitative estimate of drug-likeness (QED) is 0.199. The summed E-state index contributed by atoms with van der Waals surface area (Å²) < 4.78 is 18.2. The van der Waals surface area contributed by atoms with E-state index in [4.69, 9.17) is 16.3 Å². The molecular weight excluding hydrogens is 437 g/mol. The van der Waals surface area contributed by atoms with Gasteiger partial charge in [0.05, 0.1) is 11.3 Å². The molecule has 0 saturated heterocycles. The van der Waals surface area contributed by atoms with Gasteiger partial charge in [0.1, 0.15) is 11.6 Å². The molecule has 0 saturated carbocycles. The summed E-state index contributed by atoms with van der Waals surface area (Å²) in [6.07, 6.45) is 0. The molecule has 2 N–H and O–H groups in total. The average Bonchev–Trinajstić information content (AvgIpc) is 2.79. The Morgan fingerprint density at radius 2 is 1.59 bits per heavy atom. The van der Waals surface area contributed by atoms with Crippen LogP contribution in [0.1, 0.15) is 22.8 Å². The minimum absolute atomic E-state index is 0.273. The molecule has 0 unspecified atom stereocenters. The Labute approximate surface area is 187 Å². The molecule has 0 aromatic heterocycles. The maximum Gasteiger partial charge on any atom is 0.343 e. The Morgan fingerprint density at radius 3 is 2.25 bits per heavy atom. The summed E-state index contributed by atoms with van der Waals surface area (Å²) in [7, 11) is 0. The Kier molecular flexibility index (Phi) is 7.30. The number of rotatable bonds is 5. The van der Waals surface area contributed by atoms with Crippen molar-refractivity contribution in [1.29, 1.82) is 0 Å². The van der Waals surface area contributed by atoms with Crippen LogP contribution < -0.4 is 15.5 Å². The zero-order valence-corrected chi connectivity index (χ0v) is 17.5. The first-order valence-electron chi connectivity index (χ1n) is 9.31. The van der Waals surface area contributed by atoms with E-state index in [9.17, 15) is 18.8 Å². The van der Waals surface area contributed by atoms with Gasteiger partial charge in [-0.2, -0.15) is 5.10 Å². The Hall–Kier alpha value is -4.04. The van der Waals surface area contributed by atoms with Crippen LogP contribution >= 0.6 is 11.6 Å². The molecule has 0 spiro atoms. The molecule has 0 bridgehead atoms. The molecule has 0 aliphatic carbocycles. The SMILES string of the molecule is C/C(=N\NC(=O)C(=O)Nc1ccc(F)cc1)c1ccc(OC(=O)c2cccc(Cl)c2)cc1. The standard InChI is InChI=1S/C23H17ClFN3O4/c1-14(27-28-22(30)21(29)26-19-9-7-18(25)8-10-19)15-5-11-20(12-6-15)32-23(31)16-3-2-4-17(24)13-16/h2-13H,1H3,(H,26,29)(H,28,30)/b27-14+. The normalized spacial score (nSPS) is 10.9. The van der Waals surface area contributed by atoms with E-state index in [1.165, 1.54) is 18.2 Å². The molecule has 0 heterocycles. The predicted molar refractivity (Wildman–Crippen MR) is 118 cm³/mol. The van der Waals surface area contributed by atoms with E-state index >= 15 is 0 Å². The van der Waals surface area contributed by atoms with Crippen LogP contribution in [-0.4, -0.2) is 23.5 Å².